The van der Waals surface area contributed by atoms with Crippen LogP contribution < -0.4 is 9.47 Å². The molecule has 1 aliphatic heterocycles. The largest absolute Gasteiger partial charge is 0.493 e. The van der Waals surface area contributed by atoms with E-state index in [1.165, 1.54) is 0 Å². The van der Waals surface area contributed by atoms with Gasteiger partial charge >= 0.3 is 5.97 Å². The van der Waals surface area contributed by atoms with Crippen molar-refractivity contribution in [3.05, 3.63) is 59.7 Å². The maximum Gasteiger partial charge on any atom is 0.308 e. The fourth-order valence-electron chi connectivity index (χ4n) is 3.57. The van der Waals surface area contributed by atoms with Crippen molar-refractivity contribution in [2.75, 3.05) is 27.3 Å². The number of hydrogen-bond acceptors (Lipinski definition) is 4. The second-order valence-corrected chi connectivity index (χ2v) is 6.63. The van der Waals surface area contributed by atoms with Gasteiger partial charge in [-0.15, -0.1) is 0 Å². The maximum absolute atomic E-state index is 12.8. The van der Waals surface area contributed by atoms with E-state index in [9.17, 15) is 14.7 Å². The van der Waals surface area contributed by atoms with E-state index in [2.05, 4.69) is 0 Å². The number of rotatable bonds is 6. The van der Waals surface area contributed by atoms with Gasteiger partial charge in [0.25, 0.3) is 0 Å². The zero-order chi connectivity index (χ0) is 19.4. The Kier molecular flexibility index (Phi) is 5.64. The highest BCUT2D eigenvalue weighted by atomic mass is 16.5. The van der Waals surface area contributed by atoms with E-state index < -0.39 is 11.9 Å². The molecule has 1 fully saturated rings. The van der Waals surface area contributed by atoms with Gasteiger partial charge in [-0.3, -0.25) is 9.59 Å². The zero-order valence-corrected chi connectivity index (χ0v) is 15.4. The second-order valence-electron chi connectivity index (χ2n) is 6.63. The van der Waals surface area contributed by atoms with Gasteiger partial charge in [0.2, 0.25) is 5.91 Å². The molecule has 0 aromatic heterocycles. The van der Waals surface area contributed by atoms with Crippen molar-refractivity contribution >= 4 is 11.9 Å². The van der Waals surface area contributed by atoms with Crippen molar-refractivity contribution in [3.8, 4) is 11.5 Å². The summed E-state index contributed by atoms with van der Waals surface area (Å²) in [5, 5.41) is 9.59. The first-order valence-electron chi connectivity index (χ1n) is 8.80. The fraction of sp³-hybridized carbons (Fsp3) is 0.333. The van der Waals surface area contributed by atoms with Crippen LogP contribution in [0.1, 0.15) is 17.0 Å². The minimum absolute atomic E-state index is 0.0908. The average Bonchev–Trinajstić information content (AvgIpc) is 3.14. The van der Waals surface area contributed by atoms with Crippen LogP contribution in [0.4, 0.5) is 0 Å². The number of ether oxygens (including phenoxy) is 2. The van der Waals surface area contributed by atoms with E-state index in [1.54, 1.807) is 31.3 Å². The molecule has 2 aromatic carbocycles. The first-order valence-corrected chi connectivity index (χ1v) is 8.80. The SMILES string of the molecule is COc1ccc(CC(=O)N2CC(C(=O)O)C(c3ccccc3)C2)cc1OC. The van der Waals surface area contributed by atoms with Gasteiger partial charge in [0.1, 0.15) is 0 Å². The summed E-state index contributed by atoms with van der Waals surface area (Å²) in [5.74, 6) is -0.586. The maximum atomic E-state index is 12.8. The Labute approximate surface area is 158 Å². The molecule has 2 atom stereocenters. The molecule has 1 aliphatic rings. The average molecular weight is 369 g/mol. The van der Waals surface area contributed by atoms with E-state index >= 15 is 0 Å². The molecular weight excluding hydrogens is 346 g/mol. The quantitative estimate of drug-likeness (QED) is 0.847. The predicted octanol–water partition coefficient (Wildman–Crippen LogP) is 2.57. The molecule has 1 saturated heterocycles. The van der Waals surface area contributed by atoms with Crippen molar-refractivity contribution in [3.63, 3.8) is 0 Å². The normalized spacial score (nSPS) is 19.0. The first kappa shape index (κ1) is 18.8. The molecule has 6 nitrogen and oxygen atoms in total. The number of benzene rings is 2. The van der Waals surface area contributed by atoms with Crippen LogP contribution in [0.25, 0.3) is 0 Å². The van der Waals surface area contributed by atoms with Crippen LogP contribution in [-0.2, 0) is 16.0 Å². The van der Waals surface area contributed by atoms with E-state index in [-0.39, 0.29) is 24.8 Å². The summed E-state index contributed by atoms with van der Waals surface area (Å²) in [4.78, 5) is 26.1. The highest BCUT2D eigenvalue weighted by molar-refractivity contribution is 5.81. The molecule has 0 aliphatic carbocycles. The van der Waals surface area contributed by atoms with Gasteiger partial charge < -0.3 is 19.5 Å². The van der Waals surface area contributed by atoms with E-state index in [1.807, 2.05) is 36.4 Å². The number of methoxy groups -OCH3 is 2. The number of carboxylic acid groups (broad SMARTS) is 1. The number of likely N-dealkylation sites (tertiary alicyclic amines) is 1. The number of carbonyl (C=O) groups is 2. The highest BCUT2D eigenvalue weighted by Crippen LogP contribution is 2.33. The third kappa shape index (κ3) is 4.05. The summed E-state index contributed by atoms with van der Waals surface area (Å²) in [5.41, 5.74) is 1.75. The minimum Gasteiger partial charge on any atom is -0.493 e. The number of amides is 1. The van der Waals surface area contributed by atoms with Crippen LogP contribution in [0.3, 0.4) is 0 Å². The summed E-state index contributed by atoms with van der Waals surface area (Å²) in [6.07, 6.45) is 0.189. The molecule has 27 heavy (non-hydrogen) atoms. The minimum atomic E-state index is -0.870. The number of hydrogen-bond donors (Lipinski definition) is 1. The lowest BCUT2D eigenvalue weighted by Crippen LogP contribution is -2.31. The lowest BCUT2D eigenvalue weighted by Gasteiger charge is -2.17. The third-order valence-corrected chi connectivity index (χ3v) is 5.02. The molecule has 2 unspecified atom stereocenters. The molecule has 0 bridgehead atoms. The molecule has 1 N–H and O–H groups in total. The molecule has 0 radical (unpaired) electrons. The smallest absolute Gasteiger partial charge is 0.308 e. The van der Waals surface area contributed by atoms with Gasteiger partial charge in [-0.1, -0.05) is 36.4 Å². The Hall–Kier alpha value is -3.02. The topological polar surface area (TPSA) is 76.1 Å². The van der Waals surface area contributed by atoms with E-state index in [4.69, 9.17) is 9.47 Å². The number of carbonyl (C=O) groups excluding carboxylic acids is 1. The van der Waals surface area contributed by atoms with Gasteiger partial charge in [0.05, 0.1) is 26.6 Å². The molecule has 6 heteroatoms. The van der Waals surface area contributed by atoms with Gasteiger partial charge in [-0.2, -0.15) is 0 Å². The van der Waals surface area contributed by atoms with Crippen LogP contribution in [0, 0.1) is 5.92 Å². The summed E-state index contributed by atoms with van der Waals surface area (Å²) in [6, 6.07) is 14.9. The third-order valence-electron chi connectivity index (χ3n) is 5.02. The standard InChI is InChI=1S/C21H23NO5/c1-26-18-9-8-14(10-19(18)27-2)11-20(23)22-12-16(17(13-22)21(24)25)15-6-4-3-5-7-15/h3-10,16-17H,11-13H2,1-2H3,(H,24,25). The fourth-order valence-corrected chi connectivity index (χ4v) is 3.57. The summed E-state index contributed by atoms with van der Waals surface area (Å²) in [6.45, 7) is 0.633. The molecule has 3 rings (SSSR count). The Morgan fingerprint density at radius 3 is 2.37 bits per heavy atom. The number of carboxylic acids is 1. The second kappa shape index (κ2) is 8.12. The van der Waals surface area contributed by atoms with Gasteiger partial charge in [-0.05, 0) is 23.3 Å². The predicted molar refractivity (Wildman–Crippen MR) is 100 cm³/mol. The lowest BCUT2D eigenvalue weighted by molar-refractivity contribution is -0.141. The Morgan fingerprint density at radius 1 is 1.04 bits per heavy atom. The molecule has 1 amide bonds. The Bertz CT molecular complexity index is 821. The van der Waals surface area contributed by atoms with Crippen LogP contribution in [-0.4, -0.2) is 49.2 Å². The summed E-state index contributed by atoms with van der Waals surface area (Å²) in [7, 11) is 3.11. The molecule has 2 aromatic rings. The van der Waals surface area contributed by atoms with E-state index in [0.717, 1.165) is 11.1 Å². The molecule has 1 heterocycles. The van der Waals surface area contributed by atoms with Crippen LogP contribution in [0.15, 0.2) is 48.5 Å². The van der Waals surface area contributed by atoms with Crippen LogP contribution >= 0.6 is 0 Å². The molecule has 142 valence electrons. The van der Waals surface area contributed by atoms with E-state index in [0.29, 0.717) is 18.0 Å². The molecule has 0 saturated carbocycles. The highest BCUT2D eigenvalue weighted by Gasteiger charge is 2.40. The zero-order valence-electron chi connectivity index (χ0n) is 15.4. The van der Waals surface area contributed by atoms with Crippen LogP contribution in [0.5, 0.6) is 11.5 Å². The van der Waals surface area contributed by atoms with Crippen molar-refractivity contribution < 1.29 is 24.2 Å². The van der Waals surface area contributed by atoms with Gasteiger partial charge in [0.15, 0.2) is 11.5 Å². The number of aliphatic carboxylic acids is 1. The summed E-state index contributed by atoms with van der Waals surface area (Å²) < 4.78 is 10.5. The van der Waals surface area contributed by atoms with Crippen molar-refractivity contribution in [2.45, 2.75) is 12.3 Å². The van der Waals surface area contributed by atoms with Gasteiger partial charge in [-0.25, -0.2) is 0 Å². The monoisotopic (exact) mass is 369 g/mol. The molecule has 0 spiro atoms. The Balaban J connectivity index is 1.75. The Morgan fingerprint density at radius 2 is 1.74 bits per heavy atom. The lowest BCUT2D eigenvalue weighted by atomic mass is 9.89. The molecular formula is C21H23NO5. The summed E-state index contributed by atoms with van der Waals surface area (Å²) >= 11 is 0. The van der Waals surface area contributed by atoms with Crippen LogP contribution in [0.2, 0.25) is 0 Å². The van der Waals surface area contributed by atoms with Gasteiger partial charge in [0, 0.05) is 19.0 Å². The van der Waals surface area contributed by atoms with Crippen molar-refractivity contribution in [1.82, 2.24) is 4.90 Å². The first-order chi connectivity index (χ1) is 13.0. The number of nitrogens with zero attached hydrogens (tertiary/aromatic N) is 1. The van der Waals surface area contributed by atoms with Crippen molar-refractivity contribution in [1.29, 1.82) is 0 Å². The van der Waals surface area contributed by atoms with Crippen molar-refractivity contribution in [2.24, 2.45) is 5.92 Å².